The van der Waals surface area contributed by atoms with Crippen molar-refractivity contribution in [2.24, 2.45) is 0 Å². The molecule has 0 saturated heterocycles. The van der Waals surface area contributed by atoms with E-state index < -0.39 is 0 Å². The van der Waals surface area contributed by atoms with E-state index in [4.69, 9.17) is 17.3 Å². The van der Waals surface area contributed by atoms with Gasteiger partial charge in [0.1, 0.15) is 5.82 Å². The first-order valence-electron chi connectivity index (χ1n) is 6.02. The van der Waals surface area contributed by atoms with Crippen LogP contribution in [0.5, 0.6) is 0 Å². The van der Waals surface area contributed by atoms with E-state index >= 15 is 0 Å². The molecule has 0 heterocycles. The van der Waals surface area contributed by atoms with Crippen LogP contribution >= 0.6 is 11.6 Å². The van der Waals surface area contributed by atoms with Gasteiger partial charge in [-0.2, -0.15) is 0 Å². The lowest BCUT2D eigenvalue weighted by Gasteiger charge is -2.14. The average molecular weight is 279 g/mol. The number of halogens is 2. The van der Waals surface area contributed by atoms with Crippen molar-refractivity contribution in [3.63, 3.8) is 0 Å². The number of aryl methyl sites for hydroxylation is 2. The maximum Gasteiger partial charge on any atom is 0.124 e. The Bertz CT molecular complexity index is 588. The van der Waals surface area contributed by atoms with E-state index in [1.54, 1.807) is 6.07 Å². The van der Waals surface area contributed by atoms with E-state index in [2.05, 4.69) is 11.4 Å². The highest BCUT2D eigenvalue weighted by Gasteiger charge is 2.06. The smallest absolute Gasteiger partial charge is 0.124 e. The minimum absolute atomic E-state index is 0.334. The van der Waals surface area contributed by atoms with E-state index in [1.807, 2.05) is 19.9 Å². The van der Waals surface area contributed by atoms with Crippen LogP contribution in [0.25, 0.3) is 0 Å². The number of hydrogen-bond acceptors (Lipinski definition) is 2. The second-order valence-electron chi connectivity index (χ2n) is 4.64. The molecule has 2 nitrogen and oxygen atoms in total. The molecule has 0 bridgehead atoms. The summed E-state index contributed by atoms with van der Waals surface area (Å²) in [5, 5.41) is 3.67. The summed E-state index contributed by atoms with van der Waals surface area (Å²) in [7, 11) is 0. The largest absolute Gasteiger partial charge is 0.397 e. The third kappa shape index (κ3) is 3.18. The van der Waals surface area contributed by atoms with Gasteiger partial charge in [-0.3, -0.25) is 0 Å². The third-order valence-electron chi connectivity index (χ3n) is 2.98. The molecule has 0 aliphatic rings. The fraction of sp³-hybridized carbons (Fsp3) is 0.200. The lowest BCUT2D eigenvalue weighted by molar-refractivity contribution is 0.627. The van der Waals surface area contributed by atoms with Crippen LogP contribution in [0.2, 0.25) is 5.02 Å². The Hall–Kier alpha value is -1.74. The Morgan fingerprint density at radius 1 is 1.21 bits per heavy atom. The molecule has 0 saturated carbocycles. The SMILES string of the molecule is Cc1cc(C)c(NCc2ccc(F)cc2Cl)c(N)c1. The molecule has 2 aromatic carbocycles. The van der Waals surface area contributed by atoms with Gasteiger partial charge in [0, 0.05) is 11.6 Å². The molecule has 19 heavy (non-hydrogen) atoms. The molecule has 0 aliphatic carbocycles. The zero-order chi connectivity index (χ0) is 14.0. The van der Waals surface area contributed by atoms with Gasteiger partial charge in [-0.1, -0.05) is 23.7 Å². The maximum atomic E-state index is 13.0. The second kappa shape index (κ2) is 5.49. The molecular formula is C15H16ClFN2. The van der Waals surface area contributed by atoms with Crippen molar-refractivity contribution in [1.29, 1.82) is 0 Å². The van der Waals surface area contributed by atoms with E-state index in [-0.39, 0.29) is 5.82 Å². The molecule has 4 heteroatoms. The molecule has 0 fully saturated rings. The second-order valence-corrected chi connectivity index (χ2v) is 5.04. The van der Waals surface area contributed by atoms with Gasteiger partial charge in [0.15, 0.2) is 0 Å². The molecule has 0 aliphatic heterocycles. The molecule has 0 aromatic heterocycles. The Balaban J connectivity index is 2.19. The van der Waals surface area contributed by atoms with Crippen LogP contribution in [0.4, 0.5) is 15.8 Å². The molecule has 2 rings (SSSR count). The standard InChI is InChI=1S/C15H16ClFN2/c1-9-5-10(2)15(14(18)6-9)19-8-11-3-4-12(17)7-13(11)16/h3-7,19H,8,18H2,1-2H3. The summed E-state index contributed by atoms with van der Waals surface area (Å²) in [6.07, 6.45) is 0. The number of nitrogens with two attached hydrogens (primary N) is 1. The summed E-state index contributed by atoms with van der Waals surface area (Å²) in [6.45, 7) is 4.51. The highest BCUT2D eigenvalue weighted by molar-refractivity contribution is 6.31. The van der Waals surface area contributed by atoms with Crippen LogP contribution in [0.3, 0.4) is 0 Å². The third-order valence-corrected chi connectivity index (χ3v) is 3.33. The number of hydrogen-bond donors (Lipinski definition) is 2. The molecule has 2 aromatic rings. The van der Waals surface area contributed by atoms with Crippen LogP contribution in [0.15, 0.2) is 30.3 Å². The van der Waals surface area contributed by atoms with Gasteiger partial charge in [-0.15, -0.1) is 0 Å². The van der Waals surface area contributed by atoms with Crippen molar-refractivity contribution < 1.29 is 4.39 Å². The van der Waals surface area contributed by atoms with E-state index in [9.17, 15) is 4.39 Å². The number of nitrogens with one attached hydrogen (secondary N) is 1. The van der Waals surface area contributed by atoms with Crippen molar-refractivity contribution in [2.45, 2.75) is 20.4 Å². The van der Waals surface area contributed by atoms with E-state index in [0.29, 0.717) is 17.3 Å². The summed E-state index contributed by atoms with van der Waals surface area (Å²) >= 11 is 5.99. The minimum Gasteiger partial charge on any atom is -0.397 e. The fourth-order valence-electron chi connectivity index (χ4n) is 2.09. The topological polar surface area (TPSA) is 38.0 Å². The first kappa shape index (κ1) is 13.7. The fourth-order valence-corrected chi connectivity index (χ4v) is 2.32. The highest BCUT2D eigenvalue weighted by Crippen LogP contribution is 2.26. The zero-order valence-electron chi connectivity index (χ0n) is 10.9. The first-order chi connectivity index (χ1) is 8.97. The van der Waals surface area contributed by atoms with E-state index in [1.165, 1.54) is 12.1 Å². The summed E-state index contributed by atoms with van der Waals surface area (Å²) < 4.78 is 13.0. The van der Waals surface area contributed by atoms with Crippen molar-refractivity contribution in [3.05, 3.63) is 57.9 Å². The summed E-state index contributed by atoms with van der Waals surface area (Å²) in [6, 6.07) is 8.36. The Morgan fingerprint density at radius 2 is 1.95 bits per heavy atom. The van der Waals surface area contributed by atoms with Crippen molar-refractivity contribution in [1.82, 2.24) is 0 Å². The number of anilines is 2. The lowest BCUT2D eigenvalue weighted by Crippen LogP contribution is -2.05. The summed E-state index contributed by atoms with van der Waals surface area (Å²) in [5.74, 6) is -0.334. The first-order valence-corrected chi connectivity index (χ1v) is 6.39. The molecule has 0 atom stereocenters. The Morgan fingerprint density at radius 3 is 2.58 bits per heavy atom. The predicted molar refractivity (Wildman–Crippen MR) is 79.1 cm³/mol. The Kier molecular flexibility index (Phi) is 3.96. The number of nitrogen functional groups attached to an aromatic ring is 1. The molecule has 0 amide bonds. The van der Waals surface area contributed by atoms with Gasteiger partial charge >= 0.3 is 0 Å². The van der Waals surface area contributed by atoms with Gasteiger partial charge in [0.25, 0.3) is 0 Å². The van der Waals surface area contributed by atoms with Crippen LogP contribution < -0.4 is 11.1 Å². The van der Waals surface area contributed by atoms with Gasteiger partial charge in [-0.25, -0.2) is 4.39 Å². The maximum absolute atomic E-state index is 13.0. The monoisotopic (exact) mass is 278 g/mol. The van der Waals surface area contributed by atoms with E-state index in [0.717, 1.165) is 22.4 Å². The summed E-state index contributed by atoms with van der Waals surface area (Å²) in [4.78, 5) is 0. The van der Waals surface area contributed by atoms with Gasteiger partial charge in [0.2, 0.25) is 0 Å². The normalized spacial score (nSPS) is 10.5. The van der Waals surface area contributed by atoms with Gasteiger partial charge in [0.05, 0.1) is 11.4 Å². The molecule has 0 radical (unpaired) electrons. The average Bonchev–Trinajstić information content (AvgIpc) is 2.30. The Labute approximate surface area is 117 Å². The van der Waals surface area contributed by atoms with Crippen LogP contribution in [-0.2, 0) is 6.54 Å². The number of rotatable bonds is 3. The van der Waals surface area contributed by atoms with Crippen molar-refractivity contribution >= 4 is 23.0 Å². The predicted octanol–water partition coefficient (Wildman–Crippen LogP) is 4.29. The molecule has 0 unspecified atom stereocenters. The molecule has 100 valence electrons. The lowest BCUT2D eigenvalue weighted by atomic mass is 10.1. The molecule has 0 spiro atoms. The molecule has 3 N–H and O–H groups in total. The molecular weight excluding hydrogens is 263 g/mol. The van der Waals surface area contributed by atoms with Crippen molar-refractivity contribution in [2.75, 3.05) is 11.1 Å². The quantitative estimate of drug-likeness (QED) is 0.822. The van der Waals surface area contributed by atoms with Crippen molar-refractivity contribution in [3.8, 4) is 0 Å². The zero-order valence-corrected chi connectivity index (χ0v) is 11.7. The minimum atomic E-state index is -0.334. The number of benzene rings is 2. The van der Waals surface area contributed by atoms with Crippen LogP contribution in [0, 0.1) is 19.7 Å². The van der Waals surface area contributed by atoms with Gasteiger partial charge in [-0.05, 0) is 48.7 Å². The van der Waals surface area contributed by atoms with Gasteiger partial charge < -0.3 is 11.1 Å². The highest BCUT2D eigenvalue weighted by atomic mass is 35.5. The van der Waals surface area contributed by atoms with Crippen LogP contribution in [-0.4, -0.2) is 0 Å². The summed E-state index contributed by atoms with van der Waals surface area (Å²) in [5.41, 5.74) is 10.6. The van der Waals surface area contributed by atoms with Crippen LogP contribution in [0.1, 0.15) is 16.7 Å².